The van der Waals surface area contributed by atoms with E-state index < -0.39 is 47.1 Å². The van der Waals surface area contributed by atoms with Crippen LogP contribution in [0.3, 0.4) is 0 Å². The van der Waals surface area contributed by atoms with Crippen LogP contribution < -0.4 is 0 Å². The predicted molar refractivity (Wildman–Crippen MR) is 142 cm³/mol. The van der Waals surface area contributed by atoms with Crippen molar-refractivity contribution >= 4 is 12.1 Å². The van der Waals surface area contributed by atoms with Crippen molar-refractivity contribution in [2.24, 2.45) is 0 Å². The molecule has 5 nitrogen and oxygen atoms in total. The third-order valence-electron chi connectivity index (χ3n) is 6.86. The van der Waals surface area contributed by atoms with Gasteiger partial charge in [0.1, 0.15) is 35.4 Å². The third kappa shape index (κ3) is 6.69. The Morgan fingerprint density at radius 2 is 1.41 bits per heavy atom. The van der Waals surface area contributed by atoms with Crippen LogP contribution in [0, 0.1) is 11.6 Å². The minimum Gasteiger partial charge on any atom is -0.458 e. The van der Waals surface area contributed by atoms with Gasteiger partial charge in [-0.25, -0.2) is 18.4 Å². The predicted octanol–water partition coefficient (Wildman–Crippen LogP) is 7.51. The van der Waals surface area contributed by atoms with Crippen molar-refractivity contribution in [1.29, 1.82) is 0 Å². The van der Waals surface area contributed by atoms with E-state index in [1.54, 1.807) is 20.8 Å². The number of carbonyl (C=O) groups is 2. The summed E-state index contributed by atoms with van der Waals surface area (Å²) < 4.78 is 78.2. The van der Waals surface area contributed by atoms with E-state index >= 15 is 0 Å². The van der Waals surface area contributed by atoms with E-state index in [-0.39, 0.29) is 30.9 Å². The first-order valence-corrected chi connectivity index (χ1v) is 13.0. The number of nitrogens with zero attached hydrogens (tertiary/aromatic N) is 1. The van der Waals surface area contributed by atoms with Gasteiger partial charge >= 0.3 is 18.2 Å². The Hall–Kier alpha value is -3.95. The topological polar surface area (TPSA) is 55.8 Å². The molecule has 0 N–H and O–H groups in total. The van der Waals surface area contributed by atoms with Crippen molar-refractivity contribution in [3.63, 3.8) is 0 Å². The molecule has 1 unspecified atom stereocenters. The standard InChI is InChI=1S/C31H30F5NO4/c1-30(2,3)41-28(38)26(14-13-18-15-24(32)27(25(33)16-18)31(34,35)36)37(4)29(39)40-17-23-21-11-7-5-9-19(21)20-10-6-8-12-22(20)23/h5-12,15-16,23,26H,13-14,17H2,1-4H3. The second kappa shape index (κ2) is 11.5. The lowest BCUT2D eigenvalue weighted by Crippen LogP contribution is -2.46. The summed E-state index contributed by atoms with van der Waals surface area (Å²) in [6.45, 7) is 4.90. The van der Waals surface area contributed by atoms with Gasteiger partial charge in [-0.2, -0.15) is 13.2 Å². The molecule has 0 aromatic heterocycles. The highest BCUT2D eigenvalue weighted by Gasteiger charge is 2.38. The van der Waals surface area contributed by atoms with E-state index in [9.17, 15) is 31.5 Å². The Labute approximate surface area is 234 Å². The summed E-state index contributed by atoms with van der Waals surface area (Å²) in [5, 5.41) is 0. The Kier molecular flexibility index (Phi) is 8.42. The molecule has 0 aliphatic heterocycles. The van der Waals surface area contributed by atoms with Crippen LogP contribution in [-0.2, 0) is 26.9 Å². The SMILES string of the molecule is CN(C(=O)OCC1c2ccccc2-c2ccccc21)C(CCc1cc(F)c(C(F)(F)F)c(F)c1)C(=O)OC(C)(C)C. The van der Waals surface area contributed by atoms with E-state index in [4.69, 9.17) is 9.47 Å². The summed E-state index contributed by atoms with van der Waals surface area (Å²) in [4.78, 5) is 27.3. The highest BCUT2D eigenvalue weighted by molar-refractivity contribution is 5.82. The Balaban J connectivity index is 1.51. The summed E-state index contributed by atoms with van der Waals surface area (Å²) in [6.07, 6.45) is -6.42. The zero-order chi connectivity index (χ0) is 30.1. The van der Waals surface area contributed by atoms with Crippen LogP contribution in [0.25, 0.3) is 11.1 Å². The highest BCUT2D eigenvalue weighted by atomic mass is 19.4. The first kappa shape index (κ1) is 30.0. The van der Waals surface area contributed by atoms with Crippen molar-refractivity contribution in [2.75, 3.05) is 13.7 Å². The number of esters is 1. The summed E-state index contributed by atoms with van der Waals surface area (Å²) in [7, 11) is 1.33. The zero-order valence-corrected chi connectivity index (χ0v) is 23.0. The van der Waals surface area contributed by atoms with Crippen LogP contribution in [0.1, 0.15) is 55.4 Å². The molecule has 1 atom stereocenters. The molecule has 0 heterocycles. The molecule has 0 saturated carbocycles. The molecule has 0 radical (unpaired) electrons. The highest BCUT2D eigenvalue weighted by Crippen LogP contribution is 2.44. The van der Waals surface area contributed by atoms with Crippen LogP contribution in [-0.4, -0.2) is 42.3 Å². The zero-order valence-electron chi connectivity index (χ0n) is 23.0. The van der Waals surface area contributed by atoms with Gasteiger partial charge in [0.15, 0.2) is 0 Å². The lowest BCUT2D eigenvalue weighted by atomic mass is 9.98. The van der Waals surface area contributed by atoms with Gasteiger partial charge in [0, 0.05) is 13.0 Å². The number of carbonyl (C=O) groups excluding carboxylic acids is 2. The molecule has 0 fully saturated rings. The van der Waals surface area contributed by atoms with Gasteiger partial charge < -0.3 is 9.47 Å². The fraction of sp³-hybridized carbons (Fsp3) is 0.355. The number of fused-ring (bicyclic) bond motifs is 3. The molecule has 3 aromatic carbocycles. The fourth-order valence-corrected chi connectivity index (χ4v) is 5.01. The number of rotatable bonds is 7. The average molecular weight is 576 g/mol. The fourth-order valence-electron chi connectivity index (χ4n) is 5.01. The molecule has 10 heteroatoms. The monoisotopic (exact) mass is 575 g/mol. The number of hydrogen-bond acceptors (Lipinski definition) is 4. The number of aryl methyl sites for hydroxylation is 1. The van der Waals surface area contributed by atoms with Gasteiger partial charge in [-0.1, -0.05) is 48.5 Å². The molecular weight excluding hydrogens is 545 g/mol. The normalized spacial score (nSPS) is 13.8. The van der Waals surface area contributed by atoms with Crippen LogP contribution in [0.4, 0.5) is 26.7 Å². The van der Waals surface area contributed by atoms with E-state index in [1.165, 1.54) is 7.05 Å². The van der Waals surface area contributed by atoms with Crippen molar-refractivity contribution in [1.82, 2.24) is 4.90 Å². The molecule has 1 aliphatic rings. The van der Waals surface area contributed by atoms with Crippen molar-refractivity contribution in [3.05, 3.63) is 94.6 Å². The second-order valence-electron chi connectivity index (χ2n) is 10.9. The number of hydrogen-bond donors (Lipinski definition) is 0. The number of ether oxygens (including phenoxy) is 2. The van der Waals surface area contributed by atoms with Crippen LogP contribution in [0.2, 0.25) is 0 Å². The molecular formula is C31H30F5NO4. The van der Waals surface area contributed by atoms with E-state index in [0.717, 1.165) is 27.2 Å². The van der Waals surface area contributed by atoms with Crippen LogP contribution in [0.15, 0.2) is 60.7 Å². The maximum atomic E-state index is 14.1. The molecule has 1 amide bonds. The van der Waals surface area contributed by atoms with Crippen LogP contribution in [0.5, 0.6) is 0 Å². The summed E-state index contributed by atoms with van der Waals surface area (Å²) in [5.41, 5.74) is 1.08. The Morgan fingerprint density at radius 3 is 1.90 bits per heavy atom. The molecule has 218 valence electrons. The molecule has 41 heavy (non-hydrogen) atoms. The second-order valence-corrected chi connectivity index (χ2v) is 10.9. The van der Waals surface area contributed by atoms with Gasteiger partial charge in [0.2, 0.25) is 0 Å². The van der Waals surface area contributed by atoms with Gasteiger partial charge in [0.05, 0.1) is 0 Å². The Bertz CT molecular complexity index is 1380. The van der Waals surface area contributed by atoms with E-state index in [1.807, 2.05) is 48.5 Å². The van der Waals surface area contributed by atoms with Gasteiger partial charge in [-0.3, -0.25) is 4.90 Å². The summed E-state index contributed by atoms with van der Waals surface area (Å²) >= 11 is 0. The first-order chi connectivity index (χ1) is 19.2. The van der Waals surface area contributed by atoms with Crippen molar-refractivity contribution < 1.29 is 41.0 Å². The quantitative estimate of drug-likeness (QED) is 0.216. The van der Waals surface area contributed by atoms with Gasteiger partial charge in [-0.05, 0) is 73.6 Å². The molecule has 3 aromatic rings. The maximum Gasteiger partial charge on any atom is 0.422 e. The van der Waals surface area contributed by atoms with Crippen LogP contribution >= 0.6 is 0 Å². The Morgan fingerprint density at radius 1 is 0.902 bits per heavy atom. The van der Waals surface area contributed by atoms with E-state index in [2.05, 4.69) is 0 Å². The number of alkyl halides is 3. The van der Waals surface area contributed by atoms with Crippen molar-refractivity contribution in [2.45, 2.75) is 57.3 Å². The summed E-state index contributed by atoms with van der Waals surface area (Å²) in [5.74, 6) is -4.53. The van der Waals surface area contributed by atoms with Gasteiger partial charge in [0.25, 0.3) is 0 Å². The average Bonchev–Trinajstić information content (AvgIpc) is 3.18. The number of benzene rings is 3. The smallest absolute Gasteiger partial charge is 0.422 e. The largest absolute Gasteiger partial charge is 0.458 e. The maximum absolute atomic E-state index is 14.1. The minimum atomic E-state index is -5.20. The molecule has 4 rings (SSSR count). The molecule has 0 bridgehead atoms. The van der Waals surface area contributed by atoms with E-state index in [0.29, 0.717) is 12.1 Å². The van der Waals surface area contributed by atoms with Crippen molar-refractivity contribution in [3.8, 4) is 11.1 Å². The lowest BCUT2D eigenvalue weighted by molar-refractivity contribution is -0.160. The number of halogens is 5. The molecule has 0 saturated heterocycles. The number of amides is 1. The summed E-state index contributed by atoms with van der Waals surface area (Å²) in [6, 6.07) is 15.5. The lowest BCUT2D eigenvalue weighted by Gasteiger charge is -2.30. The number of likely N-dealkylation sites (N-methyl/N-ethyl adjacent to an activating group) is 1. The molecule has 1 aliphatic carbocycles. The first-order valence-electron chi connectivity index (χ1n) is 13.0. The molecule has 0 spiro atoms. The third-order valence-corrected chi connectivity index (χ3v) is 6.86. The minimum absolute atomic E-state index is 0.00638. The van der Waals surface area contributed by atoms with Gasteiger partial charge in [-0.15, -0.1) is 0 Å².